The van der Waals surface area contributed by atoms with Crippen molar-refractivity contribution in [3.63, 3.8) is 0 Å². The van der Waals surface area contributed by atoms with Gasteiger partial charge in [-0.25, -0.2) is 4.98 Å². The summed E-state index contributed by atoms with van der Waals surface area (Å²) < 4.78 is 0. The molecule has 0 saturated carbocycles. The molecule has 1 aromatic rings. The van der Waals surface area contributed by atoms with Gasteiger partial charge in [-0.2, -0.15) is 0 Å². The molecule has 0 atom stereocenters. The molecule has 1 saturated heterocycles. The Balaban J connectivity index is 0.000000267. The molecule has 1 aliphatic rings. The van der Waals surface area contributed by atoms with Gasteiger partial charge in [-0.1, -0.05) is 19.9 Å². The van der Waals surface area contributed by atoms with E-state index in [0.717, 1.165) is 11.5 Å². The van der Waals surface area contributed by atoms with Gasteiger partial charge in [0.05, 0.1) is 0 Å². The summed E-state index contributed by atoms with van der Waals surface area (Å²) in [4.78, 5) is 4.48. The molecule has 3 nitrogen and oxygen atoms in total. The van der Waals surface area contributed by atoms with E-state index in [-0.39, 0.29) is 0 Å². The maximum Gasteiger partial charge on any atom is 0.128 e. The van der Waals surface area contributed by atoms with Crippen LogP contribution < -0.4 is 10.6 Å². The predicted octanol–water partition coefficient (Wildman–Crippen LogP) is 2.53. The van der Waals surface area contributed by atoms with Crippen molar-refractivity contribution in [3.05, 3.63) is 23.4 Å². The Bertz CT molecular complexity index is 313. The molecule has 0 aliphatic carbocycles. The van der Waals surface area contributed by atoms with Crippen LogP contribution in [0, 0.1) is 6.92 Å². The van der Waals surface area contributed by atoms with Gasteiger partial charge < -0.3 is 10.6 Å². The average molecular weight is 221 g/mol. The van der Waals surface area contributed by atoms with Gasteiger partial charge in [0.1, 0.15) is 5.82 Å². The first-order valence-corrected chi connectivity index (χ1v) is 6.01. The Hall–Kier alpha value is -1.09. The fraction of sp³-hybridized carbons (Fsp3) is 0.615. The second-order valence-electron chi connectivity index (χ2n) is 4.41. The lowest BCUT2D eigenvalue weighted by Gasteiger charge is -2.09. The Kier molecular flexibility index (Phi) is 5.26. The highest BCUT2D eigenvalue weighted by atomic mass is 15.0. The lowest BCUT2D eigenvalue weighted by Crippen LogP contribution is -2.29. The molecule has 1 aromatic heterocycles. The highest BCUT2D eigenvalue weighted by molar-refractivity contribution is 5.43. The van der Waals surface area contributed by atoms with Crippen molar-refractivity contribution in [2.45, 2.75) is 33.1 Å². The Morgan fingerprint density at radius 3 is 2.25 bits per heavy atom. The molecule has 1 aliphatic heterocycles. The number of pyridine rings is 1. The molecule has 90 valence electrons. The van der Waals surface area contributed by atoms with Gasteiger partial charge in [-0.3, -0.25) is 0 Å². The van der Waals surface area contributed by atoms with E-state index in [1.165, 1.54) is 25.1 Å². The third-order valence-electron chi connectivity index (χ3n) is 2.65. The highest BCUT2D eigenvalue weighted by Gasteiger charge is 2.03. The maximum atomic E-state index is 4.48. The van der Waals surface area contributed by atoms with Crippen molar-refractivity contribution in [1.82, 2.24) is 10.3 Å². The molecule has 2 N–H and O–H groups in total. The molecule has 0 unspecified atom stereocenters. The molecule has 0 bridgehead atoms. The Labute approximate surface area is 98.7 Å². The Morgan fingerprint density at radius 1 is 1.31 bits per heavy atom. The number of aryl methyl sites for hydroxylation is 1. The summed E-state index contributed by atoms with van der Waals surface area (Å²) >= 11 is 0. The third-order valence-corrected chi connectivity index (χ3v) is 2.65. The number of nitrogens with zero attached hydrogens (tertiary/aromatic N) is 1. The van der Waals surface area contributed by atoms with Crippen LogP contribution in [-0.4, -0.2) is 25.1 Å². The monoisotopic (exact) mass is 221 g/mol. The van der Waals surface area contributed by atoms with Crippen molar-refractivity contribution in [3.8, 4) is 0 Å². The van der Waals surface area contributed by atoms with E-state index >= 15 is 0 Å². The molecule has 0 amide bonds. The van der Waals surface area contributed by atoms with E-state index in [9.17, 15) is 0 Å². The summed E-state index contributed by atoms with van der Waals surface area (Å²) in [6, 6.07) is 4.19. The lowest BCUT2D eigenvalue weighted by molar-refractivity contribution is 0.527. The first kappa shape index (κ1) is 13.0. The summed E-state index contributed by atoms with van der Waals surface area (Å²) in [5, 5.41) is 6.19. The molecule has 3 heteroatoms. The Morgan fingerprint density at radius 2 is 1.88 bits per heavy atom. The predicted molar refractivity (Wildman–Crippen MR) is 70.1 cm³/mol. The smallest absolute Gasteiger partial charge is 0.128 e. The number of aromatic nitrogens is 1. The normalized spacial score (nSPS) is 13.8. The summed E-state index contributed by atoms with van der Waals surface area (Å²) in [5.41, 5.74) is 2.34. The highest BCUT2D eigenvalue weighted by Crippen LogP contribution is 2.17. The van der Waals surface area contributed by atoms with Crippen LogP contribution in [0.1, 0.15) is 37.4 Å². The molecular formula is C13H23N3. The van der Waals surface area contributed by atoms with E-state index < -0.39 is 0 Å². The van der Waals surface area contributed by atoms with Crippen LogP contribution in [0.5, 0.6) is 0 Å². The van der Waals surface area contributed by atoms with Crippen LogP contribution >= 0.6 is 0 Å². The second kappa shape index (κ2) is 6.48. The van der Waals surface area contributed by atoms with Gasteiger partial charge in [0, 0.05) is 12.7 Å². The van der Waals surface area contributed by atoms with E-state index in [2.05, 4.69) is 48.5 Å². The molecule has 0 radical (unpaired) electrons. The average Bonchev–Trinajstić information content (AvgIpc) is 2.15. The zero-order valence-corrected chi connectivity index (χ0v) is 10.8. The molecule has 2 rings (SSSR count). The number of hydrogen-bond donors (Lipinski definition) is 2. The van der Waals surface area contributed by atoms with Crippen LogP contribution in [0.15, 0.2) is 12.1 Å². The maximum absolute atomic E-state index is 4.48. The minimum absolute atomic E-state index is 0.498. The molecule has 1 fully saturated rings. The van der Waals surface area contributed by atoms with Crippen LogP contribution in [0.3, 0.4) is 0 Å². The minimum atomic E-state index is 0.498. The van der Waals surface area contributed by atoms with E-state index in [0.29, 0.717) is 5.92 Å². The fourth-order valence-corrected chi connectivity index (χ4v) is 1.30. The van der Waals surface area contributed by atoms with Crippen LogP contribution in [-0.2, 0) is 0 Å². The topological polar surface area (TPSA) is 37.0 Å². The number of hydrogen-bond acceptors (Lipinski definition) is 3. The first-order chi connectivity index (χ1) is 7.65. The lowest BCUT2D eigenvalue weighted by atomic mass is 10.1. The van der Waals surface area contributed by atoms with Crippen LogP contribution in [0.2, 0.25) is 0 Å². The summed E-state index contributed by atoms with van der Waals surface area (Å²) in [7, 11) is 1.90. The van der Waals surface area contributed by atoms with Gasteiger partial charge in [0.2, 0.25) is 0 Å². The second-order valence-corrected chi connectivity index (χ2v) is 4.41. The quantitative estimate of drug-likeness (QED) is 0.806. The summed E-state index contributed by atoms with van der Waals surface area (Å²) in [6.45, 7) is 8.86. The van der Waals surface area contributed by atoms with E-state index in [1.807, 2.05) is 7.05 Å². The van der Waals surface area contributed by atoms with Crippen molar-refractivity contribution in [1.29, 1.82) is 0 Å². The molecule has 16 heavy (non-hydrogen) atoms. The number of nitrogens with one attached hydrogen (secondary N) is 2. The molecule has 0 spiro atoms. The first-order valence-electron chi connectivity index (χ1n) is 6.01. The zero-order chi connectivity index (χ0) is 12.0. The standard InChI is InChI=1S/C10H16N2.C3H7N/c1-7(2)9-6-5-8(3)10(11-4)12-9;1-2-4-3-1/h5-7H,1-4H3,(H,11,12);4H,1-3H2. The van der Waals surface area contributed by atoms with Crippen molar-refractivity contribution in [2.75, 3.05) is 25.5 Å². The number of anilines is 1. The summed E-state index contributed by atoms with van der Waals surface area (Å²) in [6.07, 6.45) is 1.39. The van der Waals surface area contributed by atoms with Gasteiger partial charge in [-0.05, 0) is 44.0 Å². The van der Waals surface area contributed by atoms with E-state index in [1.54, 1.807) is 0 Å². The van der Waals surface area contributed by atoms with Crippen molar-refractivity contribution >= 4 is 5.82 Å². The fourth-order valence-electron chi connectivity index (χ4n) is 1.30. The minimum Gasteiger partial charge on any atom is -0.373 e. The van der Waals surface area contributed by atoms with Gasteiger partial charge in [0.15, 0.2) is 0 Å². The molecule has 2 heterocycles. The van der Waals surface area contributed by atoms with E-state index in [4.69, 9.17) is 0 Å². The SMILES string of the molecule is C1CNC1.CNc1nc(C(C)C)ccc1C. The molecular weight excluding hydrogens is 198 g/mol. The summed E-state index contributed by atoms with van der Waals surface area (Å²) in [5.74, 6) is 1.49. The zero-order valence-electron chi connectivity index (χ0n) is 10.8. The van der Waals surface area contributed by atoms with Crippen molar-refractivity contribution in [2.24, 2.45) is 0 Å². The number of rotatable bonds is 2. The molecule has 0 aromatic carbocycles. The van der Waals surface area contributed by atoms with Crippen LogP contribution in [0.25, 0.3) is 0 Å². The van der Waals surface area contributed by atoms with Gasteiger partial charge in [-0.15, -0.1) is 0 Å². The van der Waals surface area contributed by atoms with Gasteiger partial charge in [0.25, 0.3) is 0 Å². The third kappa shape index (κ3) is 3.81. The van der Waals surface area contributed by atoms with Gasteiger partial charge >= 0.3 is 0 Å². The largest absolute Gasteiger partial charge is 0.373 e. The van der Waals surface area contributed by atoms with Crippen LogP contribution in [0.4, 0.5) is 5.82 Å². The van der Waals surface area contributed by atoms with Crippen molar-refractivity contribution < 1.29 is 0 Å².